The van der Waals surface area contributed by atoms with E-state index in [-0.39, 0.29) is 66.6 Å². The van der Waals surface area contributed by atoms with Crippen molar-refractivity contribution in [1.29, 1.82) is 0 Å². The number of aryl methyl sites for hydroxylation is 2. The minimum Gasteiger partial charge on any atom is -0.391 e. The van der Waals surface area contributed by atoms with Crippen molar-refractivity contribution in [3.8, 4) is 10.4 Å². The van der Waals surface area contributed by atoms with E-state index in [4.69, 9.17) is 14.5 Å². The maximum absolute atomic E-state index is 14.0. The lowest BCUT2D eigenvalue weighted by molar-refractivity contribution is -0.144. The minimum atomic E-state index is -0.861. The second-order valence-electron chi connectivity index (χ2n) is 23.6. The van der Waals surface area contributed by atoms with Gasteiger partial charge in [0.2, 0.25) is 23.7 Å². The fourth-order valence-corrected chi connectivity index (χ4v) is 12.3. The first-order valence-electron chi connectivity index (χ1n) is 29.9. The van der Waals surface area contributed by atoms with Crippen LogP contribution in [0.25, 0.3) is 21.5 Å². The Morgan fingerprint density at radius 2 is 1.49 bits per heavy atom. The van der Waals surface area contributed by atoms with Crippen molar-refractivity contribution in [2.24, 2.45) is 5.41 Å². The Morgan fingerprint density at radius 1 is 0.817 bits per heavy atom. The van der Waals surface area contributed by atoms with E-state index in [2.05, 4.69) is 46.8 Å². The van der Waals surface area contributed by atoms with Gasteiger partial charge in [0.1, 0.15) is 23.5 Å². The molecule has 0 radical (unpaired) electrons. The van der Waals surface area contributed by atoms with Gasteiger partial charge in [0.25, 0.3) is 5.56 Å². The normalized spacial score (nSPS) is 17.4. The number of rotatable bonds is 29. The molecular weight excluding hydrogens is 1060 g/mol. The summed E-state index contributed by atoms with van der Waals surface area (Å²) >= 11 is 1.58. The van der Waals surface area contributed by atoms with Crippen molar-refractivity contribution in [2.45, 2.75) is 169 Å². The van der Waals surface area contributed by atoms with Crippen LogP contribution in [0, 0.1) is 19.3 Å². The third-order valence-corrected chi connectivity index (χ3v) is 17.2. The van der Waals surface area contributed by atoms with E-state index in [1.165, 1.54) is 31.1 Å². The summed E-state index contributed by atoms with van der Waals surface area (Å²) in [6, 6.07) is 10.3. The average molecular weight is 1150 g/mol. The van der Waals surface area contributed by atoms with E-state index < -0.39 is 23.6 Å². The number of β-amino-alcohol motifs (C(OH)–C–C–N with tert-alkyl or cyclic N) is 1. The molecule has 0 bridgehead atoms. The number of aromatic nitrogens is 5. The number of piperazine rings is 1. The Balaban J connectivity index is 0.621. The van der Waals surface area contributed by atoms with Crippen LogP contribution in [0.15, 0.2) is 59.1 Å². The van der Waals surface area contributed by atoms with Crippen molar-refractivity contribution >= 4 is 63.3 Å². The highest BCUT2D eigenvalue weighted by atomic mass is 32.1. The monoisotopic (exact) mass is 1150 g/mol. The van der Waals surface area contributed by atoms with Crippen LogP contribution in [-0.4, -0.2) is 147 Å². The Labute approximate surface area is 487 Å². The summed E-state index contributed by atoms with van der Waals surface area (Å²) in [4.78, 5) is 92.5. The molecule has 0 unspecified atom stereocenters. The summed E-state index contributed by atoms with van der Waals surface area (Å²) in [6.07, 6.45) is 16.0. The zero-order valence-corrected chi connectivity index (χ0v) is 50.0. The predicted octanol–water partition coefficient (Wildman–Crippen LogP) is 8.85. The molecule has 4 aromatic heterocycles. The number of pyridine rings is 2. The number of aliphatic hydroxyl groups excluding tert-OH is 1. The van der Waals surface area contributed by atoms with Crippen LogP contribution in [0.1, 0.15) is 157 Å². The molecule has 4 N–H and O–H groups in total. The molecule has 3 amide bonds. The van der Waals surface area contributed by atoms with Gasteiger partial charge in [-0.2, -0.15) is 4.98 Å². The molecule has 5 aromatic rings. The fraction of sp³-hybridized carbons (Fsp3) is 0.597. The number of nitrogens with one attached hydrogen (secondary N) is 3. The molecule has 19 nitrogen and oxygen atoms in total. The number of hydrogen-bond donors (Lipinski definition) is 4. The molecule has 2 aliphatic heterocycles. The number of aliphatic hydroxyl groups is 1. The number of ketones is 1. The summed E-state index contributed by atoms with van der Waals surface area (Å²) in [5.41, 5.74) is 6.37. The van der Waals surface area contributed by atoms with E-state index in [0.29, 0.717) is 42.6 Å². The molecule has 3 fully saturated rings. The van der Waals surface area contributed by atoms with Gasteiger partial charge >= 0.3 is 0 Å². The van der Waals surface area contributed by atoms with E-state index in [1.54, 1.807) is 29.0 Å². The molecule has 1 saturated carbocycles. The van der Waals surface area contributed by atoms with Gasteiger partial charge in [0, 0.05) is 96.2 Å². The Kier molecular flexibility index (Phi) is 22.5. The standard InChI is InChI=1S/C62H87N11O8S/c1-42-50-39-65-61(69-57(50)73(47-18-10-11-19-47)59(78)54(42)44(3)74)67-52-26-25-48(38-63-52)71-30-28-70(29-31-71)27-13-7-8-14-32-80-33-15-9-16-34-81-35-17-12-20-53(76)68-56(62(4,5)6)60(79)72-40-49(75)36-51(72)58(77)64-37-45-21-23-46(24-22-45)55-43(2)66-41-82-55/h21-26,38-39,41,47,49,51,56,75H,7-20,27-37,40H2,1-6H3,(H,64,77)(H,68,76)(H,63,65,67,69)/t49-,51+,56-/m1/s1. The topological polar surface area (TPSA) is 226 Å². The van der Waals surface area contributed by atoms with Crippen molar-refractivity contribution < 1.29 is 33.8 Å². The van der Waals surface area contributed by atoms with E-state index in [1.807, 2.05) is 69.7 Å². The number of likely N-dealkylation sites (tertiary alicyclic amines) is 1. The lowest BCUT2D eigenvalue weighted by Gasteiger charge is -2.36. The van der Waals surface area contributed by atoms with Crippen LogP contribution >= 0.6 is 11.3 Å². The summed E-state index contributed by atoms with van der Waals surface area (Å²) in [5, 5.41) is 20.5. The van der Waals surface area contributed by atoms with Crippen molar-refractivity contribution in [3.63, 3.8) is 0 Å². The number of benzene rings is 1. The maximum Gasteiger partial charge on any atom is 0.263 e. The summed E-state index contributed by atoms with van der Waals surface area (Å²) < 4.78 is 13.5. The lowest BCUT2D eigenvalue weighted by atomic mass is 9.85. The largest absolute Gasteiger partial charge is 0.391 e. The molecule has 6 heterocycles. The SMILES string of the molecule is CC(=O)c1c(C)c2cnc(Nc3ccc(N4CCN(CCCCCCOCCCCCOCCCCC(=O)N[C@H](C(=O)N5C[C@H](O)C[C@H]5C(=O)NCc5ccc(-c6scnc6C)cc5)C(C)(C)C)CC4)cn3)nc2n(C2CCCC2)c1=O. The highest BCUT2D eigenvalue weighted by molar-refractivity contribution is 7.13. The average Bonchev–Trinajstić information content (AvgIpc) is 4.36. The van der Waals surface area contributed by atoms with Crippen molar-refractivity contribution in [3.05, 3.63) is 87.0 Å². The van der Waals surface area contributed by atoms with Crippen LogP contribution in [0.2, 0.25) is 0 Å². The molecule has 1 aliphatic carbocycles. The molecule has 3 aliphatic rings. The number of hydrogen-bond acceptors (Lipinski definition) is 16. The highest BCUT2D eigenvalue weighted by Crippen LogP contribution is 2.33. The fourth-order valence-electron chi connectivity index (χ4n) is 11.5. The van der Waals surface area contributed by atoms with Gasteiger partial charge in [-0.05, 0) is 119 Å². The van der Waals surface area contributed by atoms with E-state index in [0.717, 1.165) is 136 Å². The smallest absolute Gasteiger partial charge is 0.263 e. The number of carbonyl (C=O) groups excluding carboxylic acids is 4. The van der Waals surface area contributed by atoms with Gasteiger partial charge in [0.05, 0.1) is 39.6 Å². The Morgan fingerprint density at radius 3 is 2.12 bits per heavy atom. The van der Waals surface area contributed by atoms with Gasteiger partial charge in [0.15, 0.2) is 5.78 Å². The maximum atomic E-state index is 14.0. The molecule has 20 heteroatoms. The number of Topliss-reactive ketones (excluding diaryl/α,β-unsaturated/α-hetero) is 1. The van der Waals surface area contributed by atoms with E-state index in [9.17, 15) is 29.1 Å². The van der Waals surface area contributed by atoms with Crippen LogP contribution in [-0.2, 0) is 30.4 Å². The van der Waals surface area contributed by atoms with Gasteiger partial charge in [-0.1, -0.05) is 70.7 Å². The van der Waals surface area contributed by atoms with Crippen LogP contribution in [0.4, 0.5) is 17.5 Å². The predicted molar refractivity (Wildman–Crippen MR) is 322 cm³/mol. The zero-order chi connectivity index (χ0) is 58.2. The zero-order valence-electron chi connectivity index (χ0n) is 49.2. The summed E-state index contributed by atoms with van der Waals surface area (Å²) in [6.45, 7) is 19.0. The van der Waals surface area contributed by atoms with Gasteiger partial charge in [-0.3, -0.25) is 33.4 Å². The first-order valence-corrected chi connectivity index (χ1v) is 30.8. The third kappa shape index (κ3) is 16.8. The number of amides is 3. The first kappa shape index (κ1) is 61.9. The molecular formula is C62H87N11O8S. The first-order chi connectivity index (χ1) is 39.5. The number of ether oxygens (including phenoxy) is 2. The summed E-state index contributed by atoms with van der Waals surface area (Å²) in [7, 11) is 0. The Bertz CT molecular complexity index is 2970. The molecule has 82 heavy (non-hydrogen) atoms. The third-order valence-electron chi connectivity index (χ3n) is 16.2. The highest BCUT2D eigenvalue weighted by Gasteiger charge is 2.44. The van der Waals surface area contributed by atoms with Crippen LogP contribution in [0.3, 0.4) is 0 Å². The number of carbonyl (C=O) groups is 4. The number of unbranched alkanes of at least 4 members (excludes halogenated alkanes) is 6. The van der Waals surface area contributed by atoms with Crippen molar-refractivity contribution in [1.82, 2.24) is 44.9 Å². The second-order valence-corrected chi connectivity index (χ2v) is 24.4. The minimum absolute atomic E-state index is 0.0175. The number of anilines is 3. The number of thiazole rings is 1. The lowest BCUT2D eigenvalue weighted by Crippen LogP contribution is -2.57. The second kappa shape index (κ2) is 29.9. The molecule has 2 saturated heterocycles. The molecule has 3 atom stereocenters. The number of fused-ring (bicyclic) bond motifs is 1. The van der Waals surface area contributed by atoms with Gasteiger partial charge in [-0.15, -0.1) is 11.3 Å². The molecule has 444 valence electrons. The van der Waals surface area contributed by atoms with Crippen LogP contribution in [0.5, 0.6) is 0 Å². The van der Waals surface area contributed by atoms with Crippen LogP contribution < -0.4 is 26.4 Å². The van der Waals surface area contributed by atoms with Gasteiger partial charge < -0.3 is 40.3 Å². The van der Waals surface area contributed by atoms with Crippen molar-refractivity contribution in [2.75, 3.05) is 75.9 Å². The van der Waals surface area contributed by atoms with E-state index >= 15 is 0 Å². The quantitative estimate of drug-likeness (QED) is 0.0259. The molecule has 1 aromatic carbocycles. The number of nitrogens with zero attached hydrogens (tertiary/aromatic N) is 8. The molecule has 0 spiro atoms. The summed E-state index contributed by atoms with van der Waals surface area (Å²) in [5.74, 6) is -0.178. The van der Waals surface area contributed by atoms with Gasteiger partial charge in [-0.25, -0.2) is 15.0 Å². The molecule has 8 rings (SSSR count). The Hall–Kier alpha value is -6.19.